The van der Waals surface area contributed by atoms with Crippen LogP contribution in [0, 0.1) is 0 Å². The number of phenols is 1. The molecule has 0 heterocycles. The van der Waals surface area contributed by atoms with Gasteiger partial charge in [0.15, 0.2) is 0 Å². The molecular formula is C11H15Cl2NO2. The Balaban J connectivity index is 2.72. The van der Waals surface area contributed by atoms with Gasteiger partial charge in [-0.3, -0.25) is 4.90 Å². The summed E-state index contributed by atoms with van der Waals surface area (Å²) in [4.78, 5) is 2.02. The Morgan fingerprint density at radius 3 is 2.69 bits per heavy atom. The third kappa shape index (κ3) is 3.83. The number of rotatable bonds is 5. The van der Waals surface area contributed by atoms with Crippen LogP contribution >= 0.6 is 23.2 Å². The van der Waals surface area contributed by atoms with E-state index < -0.39 is 0 Å². The van der Waals surface area contributed by atoms with Gasteiger partial charge in [-0.2, -0.15) is 0 Å². The molecule has 1 aromatic rings. The second-order valence-electron chi connectivity index (χ2n) is 3.63. The predicted octanol–water partition coefficient (Wildman–Crippen LogP) is 2.78. The van der Waals surface area contributed by atoms with Gasteiger partial charge in [-0.1, -0.05) is 23.2 Å². The number of nitrogens with zero attached hydrogens (tertiary/aromatic N) is 1. The Kier molecular flexibility index (Phi) is 5.35. The zero-order valence-electron chi connectivity index (χ0n) is 9.33. The molecule has 0 spiro atoms. The van der Waals surface area contributed by atoms with Crippen LogP contribution in [0.3, 0.4) is 0 Å². The van der Waals surface area contributed by atoms with Crippen LogP contribution in [0.5, 0.6) is 5.75 Å². The van der Waals surface area contributed by atoms with Crippen molar-refractivity contribution in [1.29, 1.82) is 0 Å². The van der Waals surface area contributed by atoms with E-state index in [0.29, 0.717) is 18.2 Å². The number of hydrogen-bond acceptors (Lipinski definition) is 3. The van der Waals surface area contributed by atoms with Gasteiger partial charge in [0.2, 0.25) is 0 Å². The average Bonchev–Trinajstić information content (AvgIpc) is 2.22. The van der Waals surface area contributed by atoms with Gasteiger partial charge < -0.3 is 9.84 Å². The Morgan fingerprint density at radius 2 is 2.06 bits per heavy atom. The lowest BCUT2D eigenvalue weighted by Gasteiger charge is -2.17. The first kappa shape index (κ1) is 13.6. The number of aromatic hydroxyl groups is 1. The smallest absolute Gasteiger partial charge is 0.138 e. The van der Waals surface area contributed by atoms with Crippen molar-refractivity contribution in [2.75, 3.05) is 27.3 Å². The van der Waals surface area contributed by atoms with E-state index in [-0.39, 0.29) is 10.8 Å². The summed E-state index contributed by atoms with van der Waals surface area (Å²) in [5.74, 6) is 0.0929. The van der Waals surface area contributed by atoms with E-state index in [4.69, 9.17) is 27.9 Å². The van der Waals surface area contributed by atoms with Gasteiger partial charge >= 0.3 is 0 Å². The molecule has 0 unspecified atom stereocenters. The summed E-state index contributed by atoms with van der Waals surface area (Å²) in [6, 6.07) is 3.24. The summed E-state index contributed by atoms with van der Waals surface area (Å²) in [5, 5.41) is 10.6. The number of ether oxygens (including phenoxy) is 1. The predicted molar refractivity (Wildman–Crippen MR) is 66.3 cm³/mol. The fraction of sp³-hybridized carbons (Fsp3) is 0.455. The minimum Gasteiger partial charge on any atom is -0.506 e. The Bertz CT molecular complexity index is 358. The molecule has 3 nitrogen and oxygen atoms in total. The van der Waals surface area contributed by atoms with Crippen LogP contribution in [-0.4, -0.2) is 37.3 Å². The van der Waals surface area contributed by atoms with Crippen molar-refractivity contribution in [2.45, 2.75) is 6.54 Å². The minimum absolute atomic E-state index is 0.0929. The Morgan fingerprint density at radius 1 is 1.38 bits per heavy atom. The van der Waals surface area contributed by atoms with Gasteiger partial charge in [-0.05, 0) is 19.2 Å². The zero-order valence-corrected chi connectivity index (χ0v) is 10.8. The summed E-state index contributed by atoms with van der Waals surface area (Å²) in [6.45, 7) is 2.00. The Hall–Kier alpha value is -0.480. The number of methoxy groups -OCH3 is 1. The summed E-state index contributed by atoms with van der Waals surface area (Å²) in [7, 11) is 3.59. The summed E-state index contributed by atoms with van der Waals surface area (Å²) in [5.41, 5.74) is 0.719. The van der Waals surface area contributed by atoms with E-state index >= 15 is 0 Å². The van der Waals surface area contributed by atoms with Crippen LogP contribution in [0.15, 0.2) is 12.1 Å². The lowest BCUT2D eigenvalue weighted by Crippen LogP contribution is -2.22. The van der Waals surface area contributed by atoms with Gasteiger partial charge in [-0.15, -0.1) is 0 Å². The second-order valence-corrected chi connectivity index (χ2v) is 4.47. The van der Waals surface area contributed by atoms with E-state index in [2.05, 4.69) is 0 Å². The SMILES string of the molecule is COCCN(C)Cc1cc(Cl)cc(Cl)c1O. The molecule has 0 aliphatic carbocycles. The van der Waals surface area contributed by atoms with Crippen molar-refractivity contribution >= 4 is 23.2 Å². The van der Waals surface area contributed by atoms with E-state index in [0.717, 1.165) is 12.1 Å². The quantitative estimate of drug-likeness (QED) is 0.887. The highest BCUT2D eigenvalue weighted by atomic mass is 35.5. The van der Waals surface area contributed by atoms with Crippen molar-refractivity contribution in [3.8, 4) is 5.75 Å². The zero-order chi connectivity index (χ0) is 12.1. The van der Waals surface area contributed by atoms with Crippen molar-refractivity contribution in [3.05, 3.63) is 27.7 Å². The molecule has 5 heteroatoms. The molecule has 0 fully saturated rings. The third-order valence-electron chi connectivity index (χ3n) is 2.22. The number of halogens is 2. The van der Waals surface area contributed by atoms with Crippen LogP contribution in [-0.2, 0) is 11.3 Å². The number of hydrogen-bond donors (Lipinski definition) is 1. The van der Waals surface area contributed by atoms with Gasteiger partial charge in [-0.25, -0.2) is 0 Å². The molecule has 0 bridgehead atoms. The average molecular weight is 264 g/mol. The first-order valence-electron chi connectivity index (χ1n) is 4.89. The highest BCUT2D eigenvalue weighted by Gasteiger charge is 2.09. The fourth-order valence-electron chi connectivity index (χ4n) is 1.36. The largest absolute Gasteiger partial charge is 0.506 e. The van der Waals surface area contributed by atoms with Crippen molar-refractivity contribution in [2.24, 2.45) is 0 Å². The lowest BCUT2D eigenvalue weighted by molar-refractivity contribution is 0.158. The molecular weight excluding hydrogens is 249 g/mol. The molecule has 0 saturated heterocycles. The standard InChI is InChI=1S/C11H15Cl2NO2/c1-14(3-4-16-2)7-8-5-9(12)6-10(13)11(8)15/h5-6,15H,3-4,7H2,1-2H3. The molecule has 0 aliphatic rings. The molecule has 0 atom stereocenters. The minimum atomic E-state index is 0.0929. The number of phenolic OH excluding ortho intramolecular Hbond substituents is 1. The van der Waals surface area contributed by atoms with Gasteiger partial charge in [0.05, 0.1) is 11.6 Å². The molecule has 0 saturated carbocycles. The van der Waals surface area contributed by atoms with E-state index in [1.807, 2.05) is 11.9 Å². The molecule has 0 aliphatic heterocycles. The van der Waals surface area contributed by atoms with Gasteiger partial charge in [0.25, 0.3) is 0 Å². The monoisotopic (exact) mass is 263 g/mol. The van der Waals surface area contributed by atoms with E-state index in [1.54, 1.807) is 13.2 Å². The molecule has 0 radical (unpaired) electrons. The fourth-order valence-corrected chi connectivity index (χ4v) is 1.89. The van der Waals surface area contributed by atoms with Crippen LogP contribution in [0.2, 0.25) is 10.0 Å². The van der Waals surface area contributed by atoms with Gasteiger partial charge in [0.1, 0.15) is 5.75 Å². The molecule has 1 aromatic carbocycles. The lowest BCUT2D eigenvalue weighted by atomic mass is 10.2. The maximum absolute atomic E-state index is 9.75. The van der Waals surface area contributed by atoms with Crippen molar-refractivity contribution < 1.29 is 9.84 Å². The van der Waals surface area contributed by atoms with Crippen molar-refractivity contribution in [1.82, 2.24) is 4.90 Å². The first-order valence-corrected chi connectivity index (χ1v) is 5.64. The van der Waals surface area contributed by atoms with Gasteiger partial charge in [0, 0.05) is 30.8 Å². The number of benzene rings is 1. The molecule has 0 aromatic heterocycles. The summed E-state index contributed by atoms with van der Waals surface area (Å²) in [6.07, 6.45) is 0. The molecule has 0 amide bonds. The van der Waals surface area contributed by atoms with Crippen LogP contribution < -0.4 is 0 Å². The maximum atomic E-state index is 9.75. The Labute approximate surface area is 106 Å². The van der Waals surface area contributed by atoms with E-state index in [1.165, 1.54) is 6.07 Å². The first-order chi connectivity index (χ1) is 7.54. The molecule has 90 valence electrons. The molecule has 16 heavy (non-hydrogen) atoms. The highest BCUT2D eigenvalue weighted by molar-refractivity contribution is 6.35. The normalized spacial score (nSPS) is 11.1. The maximum Gasteiger partial charge on any atom is 0.138 e. The van der Waals surface area contributed by atoms with Crippen LogP contribution in [0.1, 0.15) is 5.56 Å². The number of likely N-dealkylation sites (N-methyl/N-ethyl adjacent to an activating group) is 1. The van der Waals surface area contributed by atoms with Crippen LogP contribution in [0.25, 0.3) is 0 Å². The topological polar surface area (TPSA) is 32.7 Å². The van der Waals surface area contributed by atoms with Crippen molar-refractivity contribution in [3.63, 3.8) is 0 Å². The second kappa shape index (κ2) is 6.30. The summed E-state index contributed by atoms with van der Waals surface area (Å²) < 4.78 is 4.97. The molecule has 1 rings (SSSR count). The third-order valence-corrected chi connectivity index (χ3v) is 2.73. The summed E-state index contributed by atoms with van der Waals surface area (Å²) >= 11 is 11.7. The molecule has 1 N–H and O–H groups in total. The van der Waals surface area contributed by atoms with E-state index in [9.17, 15) is 5.11 Å². The van der Waals surface area contributed by atoms with Crippen LogP contribution in [0.4, 0.5) is 0 Å². The highest BCUT2D eigenvalue weighted by Crippen LogP contribution is 2.31.